The second-order valence-electron chi connectivity index (χ2n) is 5.95. The highest BCUT2D eigenvalue weighted by Gasteiger charge is 2.31. The van der Waals surface area contributed by atoms with E-state index in [0.29, 0.717) is 15.8 Å². The Kier molecular flexibility index (Phi) is 5.76. The van der Waals surface area contributed by atoms with Gasteiger partial charge in [-0.2, -0.15) is 0 Å². The van der Waals surface area contributed by atoms with Crippen LogP contribution in [-0.2, 0) is 4.79 Å². The molecule has 1 saturated heterocycles. The molecule has 0 N–H and O–H groups in total. The summed E-state index contributed by atoms with van der Waals surface area (Å²) in [5.74, 6) is 0.0311. The lowest BCUT2D eigenvalue weighted by Crippen LogP contribution is -2.28. The van der Waals surface area contributed by atoms with E-state index in [1.165, 1.54) is 23.0 Å². The Balaban J connectivity index is 1.86. The monoisotopic (exact) mass is 370 g/mol. The van der Waals surface area contributed by atoms with E-state index in [1.54, 1.807) is 4.90 Å². The molecule has 0 atom stereocenters. The Morgan fingerprint density at radius 3 is 2.76 bits per heavy atom. The third-order valence-corrected chi connectivity index (χ3v) is 5.72. The minimum atomic E-state index is 0.0311. The van der Waals surface area contributed by atoms with Crippen LogP contribution in [0.3, 0.4) is 0 Å². The highest BCUT2D eigenvalue weighted by Crippen LogP contribution is 2.34. The molecule has 0 aromatic heterocycles. The van der Waals surface area contributed by atoms with Crippen molar-refractivity contribution in [2.45, 2.75) is 26.7 Å². The van der Waals surface area contributed by atoms with Crippen molar-refractivity contribution in [1.29, 1.82) is 0 Å². The maximum Gasteiger partial charge on any atom is 0.266 e. The molecular weight excluding hydrogens is 348 g/mol. The molecule has 3 rings (SSSR count). The summed E-state index contributed by atoms with van der Waals surface area (Å²) in [5.41, 5.74) is 3.49. The number of carbonyl (C=O) groups excluding carboxylic acids is 1. The number of anilines is 1. The molecule has 1 amide bonds. The van der Waals surface area contributed by atoms with Crippen LogP contribution in [0.4, 0.5) is 5.69 Å². The van der Waals surface area contributed by atoms with Crippen molar-refractivity contribution in [3.8, 4) is 0 Å². The van der Waals surface area contributed by atoms with Gasteiger partial charge in [0.15, 0.2) is 0 Å². The van der Waals surface area contributed by atoms with E-state index in [9.17, 15) is 4.79 Å². The summed E-state index contributed by atoms with van der Waals surface area (Å²) in [4.78, 5) is 17.2. The molecule has 1 aromatic rings. The van der Waals surface area contributed by atoms with Crippen molar-refractivity contribution in [2.75, 3.05) is 18.0 Å². The maximum absolute atomic E-state index is 12.5. The fourth-order valence-electron chi connectivity index (χ4n) is 2.92. The number of hydrogen-bond acceptors (Lipinski definition) is 4. The first-order valence-corrected chi connectivity index (χ1v) is 9.88. The molecule has 2 aliphatic rings. The molecule has 0 radical (unpaired) electrons. The first kappa shape index (κ1) is 18.0. The van der Waals surface area contributed by atoms with Crippen LogP contribution in [0, 0.1) is 0 Å². The van der Waals surface area contributed by atoms with E-state index in [2.05, 4.69) is 49.2 Å². The minimum absolute atomic E-state index is 0.0311. The van der Waals surface area contributed by atoms with Gasteiger partial charge in [-0.25, -0.2) is 0 Å². The molecule has 25 heavy (non-hydrogen) atoms. The van der Waals surface area contributed by atoms with Gasteiger partial charge in [0.25, 0.3) is 5.91 Å². The SMILES string of the molecule is CCCCN1C(=O)/C(=C/C=C2/C=CN(CC)c3ccccc32)SC1=S. The summed E-state index contributed by atoms with van der Waals surface area (Å²) in [6, 6.07) is 8.34. The van der Waals surface area contributed by atoms with Gasteiger partial charge in [0.2, 0.25) is 0 Å². The van der Waals surface area contributed by atoms with Crippen LogP contribution in [0.1, 0.15) is 32.3 Å². The molecule has 3 nitrogen and oxygen atoms in total. The number of allylic oxidation sites excluding steroid dienone is 4. The number of thioether (sulfide) groups is 1. The number of fused-ring (bicyclic) bond motifs is 1. The Labute approximate surface area is 159 Å². The first-order chi connectivity index (χ1) is 12.2. The topological polar surface area (TPSA) is 23.6 Å². The molecule has 2 aliphatic heterocycles. The number of hydrogen-bond donors (Lipinski definition) is 0. The van der Waals surface area contributed by atoms with E-state index in [0.717, 1.165) is 25.0 Å². The smallest absolute Gasteiger partial charge is 0.266 e. The number of thiocarbonyl (C=S) groups is 1. The summed E-state index contributed by atoms with van der Waals surface area (Å²) in [7, 11) is 0. The second-order valence-corrected chi connectivity index (χ2v) is 7.63. The number of rotatable bonds is 5. The van der Waals surface area contributed by atoms with E-state index < -0.39 is 0 Å². The van der Waals surface area contributed by atoms with Gasteiger partial charge in [-0.3, -0.25) is 9.69 Å². The number of unbranched alkanes of at least 4 members (excludes halogenated alkanes) is 1. The van der Waals surface area contributed by atoms with Crippen molar-refractivity contribution in [1.82, 2.24) is 4.90 Å². The van der Waals surface area contributed by atoms with E-state index in [-0.39, 0.29) is 5.91 Å². The van der Waals surface area contributed by atoms with Gasteiger partial charge in [-0.1, -0.05) is 61.6 Å². The molecule has 1 aromatic carbocycles. The number of nitrogens with zero attached hydrogens (tertiary/aromatic N) is 2. The predicted molar refractivity (Wildman–Crippen MR) is 111 cm³/mol. The van der Waals surface area contributed by atoms with Crippen LogP contribution in [0.5, 0.6) is 0 Å². The van der Waals surface area contributed by atoms with Gasteiger partial charge in [0.1, 0.15) is 4.32 Å². The number of amides is 1. The van der Waals surface area contributed by atoms with Crippen molar-refractivity contribution in [2.24, 2.45) is 0 Å². The molecule has 130 valence electrons. The molecule has 1 fully saturated rings. The van der Waals surface area contributed by atoms with Gasteiger partial charge < -0.3 is 4.90 Å². The first-order valence-electron chi connectivity index (χ1n) is 8.65. The Bertz CT molecular complexity index is 780. The van der Waals surface area contributed by atoms with E-state index in [1.807, 2.05) is 18.2 Å². The molecule has 0 spiro atoms. The lowest BCUT2D eigenvalue weighted by atomic mass is 9.99. The van der Waals surface area contributed by atoms with Gasteiger partial charge in [0, 0.05) is 30.5 Å². The van der Waals surface area contributed by atoms with Crippen LogP contribution < -0.4 is 4.90 Å². The van der Waals surface area contributed by atoms with Crippen molar-refractivity contribution in [3.63, 3.8) is 0 Å². The number of benzene rings is 1. The van der Waals surface area contributed by atoms with Crippen molar-refractivity contribution >= 4 is 45.5 Å². The van der Waals surface area contributed by atoms with Crippen LogP contribution in [0.2, 0.25) is 0 Å². The Morgan fingerprint density at radius 1 is 1.20 bits per heavy atom. The number of carbonyl (C=O) groups is 1. The Morgan fingerprint density at radius 2 is 2.00 bits per heavy atom. The highest BCUT2D eigenvalue weighted by molar-refractivity contribution is 8.26. The zero-order valence-electron chi connectivity index (χ0n) is 14.6. The van der Waals surface area contributed by atoms with Gasteiger partial charge >= 0.3 is 0 Å². The zero-order chi connectivity index (χ0) is 17.8. The van der Waals surface area contributed by atoms with Gasteiger partial charge in [-0.05, 0) is 37.1 Å². The summed E-state index contributed by atoms with van der Waals surface area (Å²) in [6.07, 6.45) is 10.1. The summed E-state index contributed by atoms with van der Waals surface area (Å²) in [6.45, 7) is 5.89. The minimum Gasteiger partial charge on any atom is -0.348 e. The lowest BCUT2D eigenvalue weighted by molar-refractivity contribution is -0.122. The molecule has 0 bridgehead atoms. The van der Waals surface area contributed by atoms with Crippen LogP contribution in [0.15, 0.2) is 53.6 Å². The molecular formula is C20H22N2OS2. The summed E-state index contributed by atoms with van der Waals surface area (Å²) in [5, 5.41) is 0. The zero-order valence-corrected chi connectivity index (χ0v) is 16.2. The predicted octanol–water partition coefficient (Wildman–Crippen LogP) is 4.97. The lowest BCUT2D eigenvalue weighted by Gasteiger charge is -2.26. The third kappa shape index (κ3) is 3.72. The normalized spacial score (nSPS) is 20.1. The highest BCUT2D eigenvalue weighted by atomic mass is 32.2. The fourth-order valence-corrected chi connectivity index (χ4v) is 4.17. The molecule has 2 heterocycles. The fraction of sp³-hybridized carbons (Fsp3) is 0.300. The largest absolute Gasteiger partial charge is 0.348 e. The maximum atomic E-state index is 12.5. The summed E-state index contributed by atoms with van der Waals surface area (Å²) >= 11 is 6.76. The average molecular weight is 371 g/mol. The quantitative estimate of drug-likeness (QED) is 0.539. The Hall–Kier alpha value is -1.85. The third-order valence-electron chi connectivity index (χ3n) is 4.32. The molecule has 0 saturated carbocycles. The van der Waals surface area contributed by atoms with Crippen molar-refractivity contribution < 1.29 is 4.79 Å². The molecule has 5 heteroatoms. The van der Waals surface area contributed by atoms with Crippen LogP contribution in [-0.4, -0.2) is 28.2 Å². The average Bonchev–Trinajstić information content (AvgIpc) is 2.91. The van der Waals surface area contributed by atoms with E-state index in [4.69, 9.17) is 12.2 Å². The van der Waals surface area contributed by atoms with Crippen LogP contribution in [0.25, 0.3) is 5.57 Å². The molecule has 0 aliphatic carbocycles. The van der Waals surface area contributed by atoms with E-state index >= 15 is 0 Å². The molecule has 0 unspecified atom stereocenters. The second kappa shape index (κ2) is 8.02. The van der Waals surface area contributed by atoms with Crippen LogP contribution >= 0.6 is 24.0 Å². The summed E-state index contributed by atoms with van der Waals surface area (Å²) < 4.78 is 0.667. The van der Waals surface area contributed by atoms with Crippen molar-refractivity contribution in [3.05, 3.63) is 59.2 Å². The van der Waals surface area contributed by atoms with Gasteiger partial charge in [-0.15, -0.1) is 0 Å². The number of para-hydroxylation sites is 1. The standard InChI is InChI=1S/C20H22N2OS2/c1-3-5-13-22-19(23)18(25-20(22)24)11-10-15-12-14-21(4-2)17-9-7-6-8-16(15)17/h6-12,14H,3-5,13H2,1-2H3/b15-10-,18-11-. The van der Waals surface area contributed by atoms with Gasteiger partial charge in [0.05, 0.1) is 4.91 Å².